The van der Waals surface area contributed by atoms with Crippen LogP contribution in [0.1, 0.15) is 6.92 Å². The van der Waals surface area contributed by atoms with E-state index < -0.39 is 22.7 Å². The molecule has 0 aliphatic heterocycles. The van der Waals surface area contributed by atoms with E-state index in [1.807, 2.05) is 0 Å². The number of rotatable bonds is 6. The fraction of sp³-hybridized carbons (Fsp3) is 0.400. The summed E-state index contributed by atoms with van der Waals surface area (Å²) in [5.74, 6) is -0.289. The van der Waals surface area contributed by atoms with Crippen LogP contribution < -0.4 is 15.2 Å². The van der Waals surface area contributed by atoms with Crippen LogP contribution in [-0.4, -0.2) is 27.6 Å². The van der Waals surface area contributed by atoms with Crippen molar-refractivity contribution in [3.05, 3.63) is 23.2 Å². The maximum Gasteiger partial charge on any atom is 0.387 e. The zero-order chi connectivity index (χ0) is 14.6. The quantitative estimate of drug-likeness (QED) is 0.821. The van der Waals surface area contributed by atoms with Crippen molar-refractivity contribution in [1.82, 2.24) is 4.72 Å². The number of hydrogen-bond donors (Lipinski definition) is 2. The van der Waals surface area contributed by atoms with E-state index in [2.05, 4.69) is 9.46 Å². The average Bonchev–Trinajstić information content (AvgIpc) is 2.30. The summed E-state index contributed by atoms with van der Waals surface area (Å²) in [6.45, 7) is -1.32. The Hall–Kier alpha value is -0.670. The molecule has 5 nitrogen and oxygen atoms in total. The second-order valence-electron chi connectivity index (χ2n) is 3.73. The van der Waals surface area contributed by atoms with Gasteiger partial charge >= 0.3 is 6.61 Å². The molecule has 0 aromatic heterocycles. The topological polar surface area (TPSA) is 81.4 Å². The summed E-state index contributed by atoms with van der Waals surface area (Å²) in [7, 11) is -3.80. The Kier molecular flexibility index (Phi) is 7.67. The number of nitrogens with one attached hydrogen (secondary N) is 1. The zero-order valence-electron chi connectivity index (χ0n) is 10.3. The normalized spacial score (nSPS) is 12.9. The molecule has 10 heteroatoms. The van der Waals surface area contributed by atoms with Crippen LogP contribution in [0.5, 0.6) is 5.75 Å². The number of hydrogen-bond acceptors (Lipinski definition) is 4. The molecule has 0 aliphatic carbocycles. The second kappa shape index (κ2) is 7.94. The third kappa shape index (κ3) is 5.37. The molecule has 0 saturated heterocycles. The van der Waals surface area contributed by atoms with Gasteiger partial charge in [0, 0.05) is 12.6 Å². The fourth-order valence-electron chi connectivity index (χ4n) is 1.22. The van der Waals surface area contributed by atoms with Crippen molar-refractivity contribution < 1.29 is 21.9 Å². The standard InChI is InChI=1S/C10H13ClF2N2O3S.ClH/c1-6(5-14)15-19(16,17)7-2-3-9(8(11)4-7)18-10(12)13;/h2-4,6,10,15H,5,14H2,1H3;1H/t6-;/m1./s1. The van der Waals surface area contributed by atoms with Gasteiger partial charge in [-0.25, -0.2) is 13.1 Å². The van der Waals surface area contributed by atoms with Crippen molar-refractivity contribution >= 4 is 34.0 Å². The predicted molar refractivity (Wildman–Crippen MR) is 74.2 cm³/mol. The number of nitrogens with two attached hydrogens (primary N) is 1. The Morgan fingerprint density at radius 3 is 2.50 bits per heavy atom. The number of benzene rings is 1. The van der Waals surface area contributed by atoms with Crippen LogP contribution in [0.4, 0.5) is 8.78 Å². The molecule has 0 fully saturated rings. The number of sulfonamides is 1. The smallest absolute Gasteiger partial charge is 0.387 e. The van der Waals surface area contributed by atoms with Gasteiger partial charge in [-0.3, -0.25) is 0 Å². The summed E-state index contributed by atoms with van der Waals surface area (Å²) < 4.78 is 54.2. The summed E-state index contributed by atoms with van der Waals surface area (Å²) in [6.07, 6.45) is 0. The van der Waals surface area contributed by atoms with E-state index in [9.17, 15) is 17.2 Å². The van der Waals surface area contributed by atoms with E-state index in [1.165, 1.54) is 0 Å². The summed E-state index contributed by atoms with van der Waals surface area (Å²) in [4.78, 5) is -0.153. The Labute approximate surface area is 126 Å². The highest BCUT2D eigenvalue weighted by molar-refractivity contribution is 7.89. The van der Waals surface area contributed by atoms with Crippen molar-refractivity contribution in [2.45, 2.75) is 24.5 Å². The van der Waals surface area contributed by atoms with Gasteiger partial charge in [-0.05, 0) is 25.1 Å². The Balaban J connectivity index is 0.00000361. The minimum atomic E-state index is -3.80. The lowest BCUT2D eigenvalue weighted by atomic mass is 10.3. The van der Waals surface area contributed by atoms with Crippen LogP contribution in [-0.2, 0) is 10.0 Å². The minimum Gasteiger partial charge on any atom is -0.433 e. The van der Waals surface area contributed by atoms with Gasteiger partial charge in [0.25, 0.3) is 0 Å². The Morgan fingerprint density at radius 2 is 2.05 bits per heavy atom. The molecular weight excluding hydrogens is 337 g/mol. The Bertz CT molecular complexity index is 543. The van der Waals surface area contributed by atoms with Crippen molar-refractivity contribution in [3.63, 3.8) is 0 Å². The van der Waals surface area contributed by atoms with E-state index in [0.717, 1.165) is 18.2 Å². The van der Waals surface area contributed by atoms with Crippen LogP contribution in [0.3, 0.4) is 0 Å². The molecule has 0 saturated carbocycles. The summed E-state index contributed by atoms with van der Waals surface area (Å²) in [5, 5.41) is -0.219. The van der Waals surface area contributed by atoms with Crippen molar-refractivity contribution in [1.29, 1.82) is 0 Å². The van der Waals surface area contributed by atoms with Crippen molar-refractivity contribution in [2.24, 2.45) is 5.73 Å². The van der Waals surface area contributed by atoms with Crippen LogP contribution in [0, 0.1) is 0 Å². The first-order valence-corrected chi connectivity index (χ1v) is 7.09. The van der Waals surface area contributed by atoms with Gasteiger partial charge in [0.1, 0.15) is 5.75 Å². The molecule has 0 aliphatic rings. The molecule has 0 bridgehead atoms. The average molecular weight is 351 g/mol. The van der Waals surface area contributed by atoms with Crippen LogP contribution in [0.2, 0.25) is 5.02 Å². The predicted octanol–water partition coefficient (Wildman–Crippen LogP) is 1.99. The first-order chi connectivity index (χ1) is 8.76. The maximum atomic E-state index is 12.0. The molecule has 1 atom stereocenters. The molecule has 0 spiro atoms. The summed E-state index contributed by atoms with van der Waals surface area (Å²) in [5.41, 5.74) is 5.31. The van der Waals surface area contributed by atoms with E-state index in [1.54, 1.807) is 6.92 Å². The molecular formula is C10H14Cl2F2N2O3S. The number of alkyl halides is 2. The van der Waals surface area contributed by atoms with Crippen molar-refractivity contribution in [3.8, 4) is 5.75 Å². The molecule has 1 rings (SSSR count). The lowest BCUT2D eigenvalue weighted by Crippen LogP contribution is -2.37. The van der Waals surface area contributed by atoms with Crippen molar-refractivity contribution in [2.75, 3.05) is 6.54 Å². The maximum absolute atomic E-state index is 12.0. The van der Waals surface area contributed by atoms with E-state index in [4.69, 9.17) is 17.3 Å². The molecule has 116 valence electrons. The molecule has 3 N–H and O–H groups in total. The van der Waals surface area contributed by atoms with Gasteiger partial charge in [0.05, 0.1) is 9.92 Å². The first-order valence-electron chi connectivity index (χ1n) is 5.23. The lowest BCUT2D eigenvalue weighted by Gasteiger charge is -2.13. The molecule has 0 heterocycles. The van der Waals surface area contributed by atoms with Gasteiger partial charge in [-0.15, -0.1) is 12.4 Å². The minimum absolute atomic E-state index is 0. The number of halogens is 4. The van der Waals surface area contributed by atoms with Crippen LogP contribution in [0.15, 0.2) is 23.1 Å². The molecule has 20 heavy (non-hydrogen) atoms. The van der Waals surface area contributed by atoms with Crippen LogP contribution in [0.25, 0.3) is 0 Å². The Morgan fingerprint density at radius 1 is 1.45 bits per heavy atom. The fourth-order valence-corrected chi connectivity index (χ4v) is 2.79. The molecule has 0 radical (unpaired) electrons. The van der Waals surface area contributed by atoms with E-state index in [0.29, 0.717) is 0 Å². The summed E-state index contributed by atoms with van der Waals surface area (Å²) in [6, 6.07) is 2.76. The second-order valence-corrected chi connectivity index (χ2v) is 5.85. The monoisotopic (exact) mass is 350 g/mol. The van der Waals surface area contributed by atoms with Gasteiger partial charge in [0.15, 0.2) is 0 Å². The highest BCUT2D eigenvalue weighted by Crippen LogP contribution is 2.28. The highest BCUT2D eigenvalue weighted by Gasteiger charge is 2.19. The largest absolute Gasteiger partial charge is 0.433 e. The van der Waals surface area contributed by atoms with E-state index >= 15 is 0 Å². The molecule has 1 aromatic carbocycles. The van der Waals surface area contributed by atoms with Gasteiger partial charge in [-0.1, -0.05) is 11.6 Å². The molecule has 1 aromatic rings. The zero-order valence-corrected chi connectivity index (χ0v) is 12.7. The molecule has 0 amide bonds. The first kappa shape index (κ1) is 19.3. The van der Waals surface area contributed by atoms with Gasteiger partial charge < -0.3 is 10.5 Å². The van der Waals surface area contributed by atoms with Crippen LogP contribution >= 0.6 is 24.0 Å². The highest BCUT2D eigenvalue weighted by atomic mass is 35.5. The van der Waals surface area contributed by atoms with E-state index in [-0.39, 0.29) is 34.6 Å². The third-order valence-electron chi connectivity index (χ3n) is 2.14. The molecule has 0 unspecified atom stereocenters. The number of ether oxygens (including phenoxy) is 1. The van der Waals surface area contributed by atoms with Gasteiger partial charge in [0.2, 0.25) is 10.0 Å². The lowest BCUT2D eigenvalue weighted by molar-refractivity contribution is -0.0498. The third-order valence-corrected chi connectivity index (χ3v) is 4.02. The summed E-state index contributed by atoms with van der Waals surface area (Å²) >= 11 is 5.67. The SMILES string of the molecule is C[C@H](CN)NS(=O)(=O)c1ccc(OC(F)F)c(Cl)c1.Cl. The van der Waals surface area contributed by atoms with Gasteiger partial charge in [-0.2, -0.15) is 8.78 Å².